The fraction of sp³-hybridized carbons (Fsp3) is 0.0769. The largest absolute Gasteiger partial charge is 0.0701 e. The Morgan fingerprint density at radius 1 is 0.385 bits per heavy atom. The lowest BCUT2D eigenvalue weighted by Crippen LogP contribution is -2.30. The molecule has 0 aliphatic heterocycles. The van der Waals surface area contributed by atoms with Gasteiger partial charge in [-0.2, -0.15) is 0 Å². The van der Waals surface area contributed by atoms with Crippen molar-refractivity contribution in [3.05, 3.63) is 143 Å². The van der Waals surface area contributed by atoms with Gasteiger partial charge in [-0.05, 0) is 29.2 Å². The van der Waals surface area contributed by atoms with Gasteiger partial charge in [-0.25, -0.2) is 0 Å². The van der Waals surface area contributed by atoms with E-state index in [1.807, 2.05) is 0 Å². The summed E-state index contributed by atoms with van der Waals surface area (Å²) < 4.78 is 0. The third-order valence-electron chi connectivity index (χ3n) is 5.10. The van der Waals surface area contributed by atoms with Gasteiger partial charge in [0.15, 0.2) is 0 Å². The zero-order chi connectivity index (χ0) is 17.8. The van der Waals surface area contributed by atoms with E-state index in [-0.39, 0.29) is 5.41 Å². The number of aryl methyl sites for hydroxylation is 1. The first-order chi connectivity index (χ1) is 12.8. The van der Waals surface area contributed by atoms with Crippen molar-refractivity contribution in [1.82, 2.24) is 0 Å². The molecule has 0 aromatic heterocycles. The highest BCUT2D eigenvalue weighted by atomic mass is 14.4. The van der Waals surface area contributed by atoms with Gasteiger partial charge in [0.1, 0.15) is 0 Å². The van der Waals surface area contributed by atoms with E-state index in [1.165, 1.54) is 27.8 Å². The summed E-state index contributed by atoms with van der Waals surface area (Å²) >= 11 is 0. The van der Waals surface area contributed by atoms with Crippen molar-refractivity contribution in [3.63, 3.8) is 0 Å². The van der Waals surface area contributed by atoms with Crippen molar-refractivity contribution in [2.24, 2.45) is 0 Å². The van der Waals surface area contributed by atoms with E-state index in [1.54, 1.807) is 0 Å². The smallest absolute Gasteiger partial charge is 0.0622 e. The van der Waals surface area contributed by atoms with Gasteiger partial charge in [-0.15, -0.1) is 0 Å². The molecule has 0 radical (unpaired) electrons. The van der Waals surface area contributed by atoms with Crippen LogP contribution in [0.3, 0.4) is 0 Å². The van der Waals surface area contributed by atoms with E-state index >= 15 is 0 Å². The lowest BCUT2D eigenvalue weighted by Gasteiger charge is -2.36. The molecule has 0 saturated heterocycles. The highest BCUT2D eigenvalue weighted by Gasteiger charge is 2.37. The maximum absolute atomic E-state index is 2.27. The fourth-order valence-corrected chi connectivity index (χ4v) is 3.87. The first-order valence-electron chi connectivity index (χ1n) is 9.05. The van der Waals surface area contributed by atoms with Gasteiger partial charge in [-0.3, -0.25) is 0 Å². The van der Waals surface area contributed by atoms with Crippen LogP contribution in [0.25, 0.3) is 0 Å². The van der Waals surface area contributed by atoms with E-state index < -0.39 is 0 Å². The molecule has 0 amide bonds. The molecule has 0 unspecified atom stereocenters. The second-order valence-electron chi connectivity index (χ2n) is 6.71. The summed E-state index contributed by atoms with van der Waals surface area (Å²) in [4.78, 5) is 0. The lowest BCUT2D eigenvalue weighted by atomic mass is 9.65. The molecule has 26 heavy (non-hydrogen) atoms. The maximum atomic E-state index is 2.27. The number of rotatable bonds is 4. The molecule has 4 aromatic rings. The Hall–Kier alpha value is -3.12. The molecule has 0 saturated carbocycles. The Morgan fingerprint density at radius 2 is 0.692 bits per heavy atom. The van der Waals surface area contributed by atoms with Crippen LogP contribution in [-0.2, 0) is 5.41 Å². The molecule has 4 rings (SSSR count). The standard InChI is InChI=1S/C26H22/c1-21-17-19-25(20-18-21)26(22-11-5-2-6-12-22,23-13-7-3-8-14-23)24-15-9-4-10-16-24/h2-20H,1H3. The number of hydrogen-bond donors (Lipinski definition) is 0. The third-order valence-corrected chi connectivity index (χ3v) is 5.10. The van der Waals surface area contributed by atoms with E-state index in [4.69, 9.17) is 0 Å². The highest BCUT2D eigenvalue weighted by Crippen LogP contribution is 2.44. The minimum atomic E-state index is -0.336. The fourth-order valence-electron chi connectivity index (χ4n) is 3.87. The van der Waals surface area contributed by atoms with E-state index in [0.717, 1.165) is 0 Å². The van der Waals surface area contributed by atoms with Crippen LogP contribution in [0.4, 0.5) is 0 Å². The van der Waals surface area contributed by atoms with E-state index in [2.05, 4.69) is 122 Å². The molecule has 0 bridgehead atoms. The predicted octanol–water partition coefficient (Wildman–Crippen LogP) is 6.38. The molecule has 0 aliphatic carbocycles. The monoisotopic (exact) mass is 334 g/mol. The molecule has 0 heteroatoms. The molecule has 0 aliphatic rings. The van der Waals surface area contributed by atoms with Gasteiger partial charge in [-0.1, -0.05) is 121 Å². The molecule has 0 heterocycles. The minimum absolute atomic E-state index is 0.336. The molecule has 0 spiro atoms. The molecule has 0 nitrogen and oxygen atoms in total. The lowest BCUT2D eigenvalue weighted by molar-refractivity contribution is 0.745. The zero-order valence-electron chi connectivity index (χ0n) is 15.0. The molecule has 0 atom stereocenters. The maximum Gasteiger partial charge on any atom is 0.0701 e. The second kappa shape index (κ2) is 7.01. The SMILES string of the molecule is Cc1ccc(C(c2ccccc2)(c2ccccc2)c2ccccc2)cc1. The van der Waals surface area contributed by atoms with E-state index in [9.17, 15) is 0 Å². The Kier molecular flexibility index (Phi) is 4.41. The summed E-state index contributed by atoms with van der Waals surface area (Å²) in [6.07, 6.45) is 0. The van der Waals surface area contributed by atoms with Crippen LogP contribution in [0.15, 0.2) is 115 Å². The average Bonchev–Trinajstić information content (AvgIpc) is 2.72. The van der Waals surface area contributed by atoms with Crippen LogP contribution in [-0.4, -0.2) is 0 Å². The summed E-state index contributed by atoms with van der Waals surface area (Å²) in [6, 6.07) is 41.4. The van der Waals surface area contributed by atoms with Crippen LogP contribution >= 0.6 is 0 Å². The van der Waals surface area contributed by atoms with Gasteiger partial charge in [0.2, 0.25) is 0 Å². The zero-order valence-corrected chi connectivity index (χ0v) is 15.0. The Morgan fingerprint density at radius 3 is 1.04 bits per heavy atom. The molecule has 0 N–H and O–H groups in total. The Bertz CT molecular complexity index is 856. The Labute approximate surface area is 155 Å². The topological polar surface area (TPSA) is 0 Å². The summed E-state index contributed by atoms with van der Waals surface area (Å²) in [6.45, 7) is 2.14. The molecule has 0 fully saturated rings. The van der Waals surface area contributed by atoms with Gasteiger partial charge in [0, 0.05) is 0 Å². The van der Waals surface area contributed by atoms with Crippen LogP contribution < -0.4 is 0 Å². The summed E-state index contributed by atoms with van der Waals surface area (Å²) in [5, 5.41) is 0. The van der Waals surface area contributed by atoms with Crippen molar-refractivity contribution in [1.29, 1.82) is 0 Å². The first kappa shape index (κ1) is 16.4. The highest BCUT2D eigenvalue weighted by molar-refractivity contribution is 5.59. The summed E-state index contributed by atoms with van der Waals surface area (Å²) in [5.74, 6) is 0. The van der Waals surface area contributed by atoms with Crippen molar-refractivity contribution < 1.29 is 0 Å². The van der Waals surface area contributed by atoms with Crippen molar-refractivity contribution in [2.75, 3.05) is 0 Å². The van der Waals surface area contributed by atoms with Gasteiger partial charge in [0.25, 0.3) is 0 Å². The van der Waals surface area contributed by atoms with Crippen molar-refractivity contribution >= 4 is 0 Å². The second-order valence-corrected chi connectivity index (χ2v) is 6.71. The first-order valence-corrected chi connectivity index (χ1v) is 9.05. The normalized spacial score (nSPS) is 11.3. The van der Waals surface area contributed by atoms with Crippen LogP contribution in [0.1, 0.15) is 27.8 Å². The average molecular weight is 334 g/mol. The van der Waals surface area contributed by atoms with Crippen molar-refractivity contribution in [2.45, 2.75) is 12.3 Å². The third kappa shape index (κ3) is 2.74. The quantitative estimate of drug-likeness (QED) is 0.380. The van der Waals surface area contributed by atoms with Gasteiger partial charge < -0.3 is 0 Å². The summed E-state index contributed by atoms with van der Waals surface area (Å²) in [7, 11) is 0. The van der Waals surface area contributed by atoms with Gasteiger partial charge in [0.05, 0.1) is 5.41 Å². The van der Waals surface area contributed by atoms with E-state index in [0.29, 0.717) is 0 Å². The predicted molar refractivity (Wildman–Crippen MR) is 109 cm³/mol. The molecular weight excluding hydrogens is 312 g/mol. The molecule has 4 aromatic carbocycles. The number of benzene rings is 4. The van der Waals surface area contributed by atoms with Crippen LogP contribution in [0.2, 0.25) is 0 Å². The van der Waals surface area contributed by atoms with Gasteiger partial charge >= 0.3 is 0 Å². The van der Waals surface area contributed by atoms with Crippen LogP contribution in [0, 0.1) is 6.92 Å². The minimum Gasteiger partial charge on any atom is -0.0622 e. The van der Waals surface area contributed by atoms with Crippen LogP contribution in [0.5, 0.6) is 0 Å². The molecule has 126 valence electrons. The number of hydrogen-bond acceptors (Lipinski definition) is 0. The van der Waals surface area contributed by atoms with Crippen molar-refractivity contribution in [3.8, 4) is 0 Å². The summed E-state index contributed by atoms with van der Waals surface area (Å²) in [5.41, 5.74) is 6.06. The molecular formula is C26H22. The Balaban J connectivity index is 2.12.